The monoisotopic (exact) mass is 362 g/mol. The lowest BCUT2D eigenvalue weighted by molar-refractivity contribution is -0.137. The van der Waals surface area contributed by atoms with E-state index in [1.54, 1.807) is 0 Å². The van der Waals surface area contributed by atoms with Gasteiger partial charge in [-0.05, 0) is 46.3 Å². The summed E-state index contributed by atoms with van der Waals surface area (Å²) in [6.45, 7) is 0. The summed E-state index contributed by atoms with van der Waals surface area (Å²) in [4.78, 5) is 12.2. The van der Waals surface area contributed by atoms with E-state index in [0.29, 0.717) is 9.50 Å². The van der Waals surface area contributed by atoms with Gasteiger partial charge in [-0.1, -0.05) is 23.7 Å². The lowest BCUT2D eigenvalue weighted by atomic mass is 10.0. The lowest BCUT2D eigenvalue weighted by Gasteiger charge is -2.08. The predicted molar refractivity (Wildman–Crippen MR) is 74.0 cm³/mol. The largest absolute Gasteiger partial charge is 0.416 e. The van der Waals surface area contributed by atoms with Gasteiger partial charge in [0.25, 0.3) is 0 Å². The summed E-state index contributed by atoms with van der Waals surface area (Å²) in [5, 5.41) is 0.422. The zero-order valence-corrected chi connectivity index (χ0v) is 12.2. The lowest BCUT2D eigenvalue weighted by Crippen LogP contribution is -2.08. The van der Waals surface area contributed by atoms with Gasteiger partial charge in [-0.15, -0.1) is 0 Å². The molecule has 1 nitrogen and oxygen atoms in total. The molecule has 0 unspecified atom stereocenters. The summed E-state index contributed by atoms with van der Waals surface area (Å²) in [7, 11) is 0. The van der Waals surface area contributed by atoms with Gasteiger partial charge in [0.1, 0.15) is 0 Å². The van der Waals surface area contributed by atoms with Crippen LogP contribution in [0, 0.1) is 0 Å². The van der Waals surface area contributed by atoms with Gasteiger partial charge in [-0.3, -0.25) is 4.79 Å². The van der Waals surface area contributed by atoms with Crippen molar-refractivity contribution in [2.45, 2.75) is 6.18 Å². The van der Waals surface area contributed by atoms with Gasteiger partial charge >= 0.3 is 6.18 Å². The highest BCUT2D eigenvalue weighted by molar-refractivity contribution is 9.10. The maximum Gasteiger partial charge on any atom is 0.416 e. The quantitative estimate of drug-likeness (QED) is 0.657. The summed E-state index contributed by atoms with van der Waals surface area (Å²) in [5.74, 6) is -0.492. The molecule has 0 heterocycles. The van der Waals surface area contributed by atoms with Crippen molar-refractivity contribution in [1.29, 1.82) is 0 Å². The van der Waals surface area contributed by atoms with Crippen LogP contribution in [0.25, 0.3) is 0 Å². The first-order valence-electron chi connectivity index (χ1n) is 5.46. The Kier molecular flexibility index (Phi) is 4.20. The molecule has 2 rings (SSSR count). The molecular formula is C14H7BrClF3O. The predicted octanol–water partition coefficient (Wildman–Crippen LogP) is 5.35. The summed E-state index contributed by atoms with van der Waals surface area (Å²) in [6, 6.07) is 8.77. The molecule has 0 spiro atoms. The van der Waals surface area contributed by atoms with Crippen molar-refractivity contribution in [2.75, 3.05) is 0 Å². The fourth-order valence-electron chi connectivity index (χ4n) is 1.64. The first kappa shape index (κ1) is 15.1. The number of carbonyl (C=O) groups excluding carboxylic acids is 1. The van der Waals surface area contributed by atoms with Gasteiger partial charge < -0.3 is 0 Å². The molecule has 2 aromatic rings. The number of halogens is 5. The minimum absolute atomic E-state index is 0.0194. The van der Waals surface area contributed by atoms with Crippen molar-refractivity contribution in [2.24, 2.45) is 0 Å². The summed E-state index contributed by atoms with van der Waals surface area (Å²) < 4.78 is 38.4. The molecule has 6 heteroatoms. The fraction of sp³-hybridized carbons (Fsp3) is 0.0714. The van der Waals surface area contributed by atoms with Crippen molar-refractivity contribution in [1.82, 2.24) is 0 Å². The van der Waals surface area contributed by atoms with E-state index in [1.807, 2.05) is 0 Å². The Morgan fingerprint density at radius 2 is 1.70 bits per heavy atom. The third kappa shape index (κ3) is 3.22. The number of hydrogen-bond acceptors (Lipinski definition) is 1. The third-order valence-electron chi connectivity index (χ3n) is 2.63. The highest BCUT2D eigenvalue weighted by Crippen LogP contribution is 2.30. The first-order valence-corrected chi connectivity index (χ1v) is 6.63. The van der Waals surface area contributed by atoms with Crippen LogP contribution in [0.3, 0.4) is 0 Å². The second-order valence-electron chi connectivity index (χ2n) is 4.04. The molecule has 0 saturated heterocycles. The number of ketones is 1. The maximum absolute atomic E-state index is 12.6. The zero-order chi connectivity index (χ0) is 14.9. The summed E-state index contributed by atoms with van der Waals surface area (Å²) >= 11 is 8.98. The van der Waals surface area contributed by atoms with Gasteiger partial charge in [0.15, 0.2) is 5.78 Å². The van der Waals surface area contributed by atoms with Crippen LogP contribution in [0.15, 0.2) is 46.9 Å². The standard InChI is InChI=1S/C14H7BrClF3O/c15-11-7-9(4-5-12(11)16)13(20)8-2-1-3-10(6-8)14(17,18)19/h1-7H. The molecule has 104 valence electrons. The van der Waals surface area contributed by atoms with Crippen LogP contribution < -0.4 is 0 Å². The van der Waals surface area contributed by atoms with Crippen LogP contribution in [0.2, 0.25) is 5.02 Å². The maximum atomic E-state index is 12.6. The smallest absolute Gasteiger partial charge is 0.289 e. The van der Waals surface area contributed by atoms with E-state index < -0.39 is 17.5 Å². The van der Waals surface area contributed by atoms with Crippen LogP contribution in [0.1, 0.15) is 21.5 Å². The molecule has 0 saturated carbocycles. The molecule has 20 heavy (non-hydrogen) atoms. The van der Waals surface area contributed by atoms with Gasteiger partial charge in [0, 0.05) is 15.6 Å². The van der Waals surface area contributed by atoms with Crippen LogP contribution in [0.5, 0.6) is 0 Å². The average molecular weight is 364 g/mol. The van der Waals surface area contributed by atoms with Gasteiger partial charge in [0.2, 0.25) is 0 Å². The van der Waals surface area contributed by atoms with Crippen molar-refractivity contribution < 1.29 is 18.0 Å². The van der Waals surface area contributed by atoms with E-state index >= 15 is 0 Å². The molecule has 0 fully saturated rings. The Hall–Kier alpha value is -1.33. The molecular weight excluding hydrogens is 357 g/mol. The number of carbonyl (C=O) groups is 1. The van der Waals surface area contributed by atoms with E-state index in [-0.39, 0.29) is 11.1 Å². The van der Waals surface area contributed by atoms with E-state index in [2.05, 4.69) is 15.9 Å². The minimum Gasteiger partial charge on any atom is -0.289 e. The molecule has 0 bridgehead atoms. The van der Waals surface area contributed by atoms with Crippen LogP contribution in [-0.2, 0) is 6.18 Å². The van der Waals surface area contributed by atoms with Crippen molar-refractivity contribution in [3.63, 3.8) is 0 Å². The molecule has 0 radical (unpaired) electrons. The second-order valence-corrected chi connectivity index (χ2v) is 5.30. The molecule has 0 atom stereocenters. The molecule has 0 aromatic heterocycles. The van der Waals surface area contributed by atoms with E-state index in [0.717, 1.165) is 12.1 Å². The Bertz CT molecular complexity index is 668. The van der Waals surface area contributed by atoms with E-state index in [4.69, 9.17) is 11.6 Å². The minimum atomic E-state index is -4.48. The summed E-state index contributed by atoms with van der Waals surface area (Å²) in [5.41, 5.74) is -0.606. The molecule has 0 aliphatic heterocycles. The van der Waals surface area contributed by atoms with Gasteiger partial charge in [-0.25, -0.2) is 0 Å². The topological polar surface area (TPSA) is 17.1 Å². The first-order chi connectivity index (χ1) is 9.29. The van der Waals surface area contributed by atoms with Gasteiger partial charge in [-0.2, -0.15) is 13.2 Å². The van der Waals surface area contributed by atoms with E-state index in [1.165, 1.54) is 30.3 Å². The number of rotatable bonds is 2. The van der Waals surface area contributed by atoms with E-state index in [9.17, 15) is 18.0 Å². The zero-order valence-electron chi connectivity index (χ0n) is 9.84. The number of hydrogen-bond donors (Lipinski definition) is 0. The van der Waals surface area contributed by atoms with Crippen molar-refractivity contribution in [3.8, 4) is 0 Å². The van der Waals surface area contributed by atoms with Crippen LogP contribution in [0.4, 0.5) is 13.2 Å². The molecule has 0 N–H and O–H groups in total. The Morgan fingerprint density at radius 3 is 2.30 bits per heavy atom. The normalized spacial score (nSPS) is 11.4. The highest BCUT2D eigenvalue weighted by atomic mass is 79.9. The average Bonchev–Trinajstić information content (AvgIpc) is 2.40. The molecule has 0 amide bonds. The fourth-order valence-corrected chi connectivity index (χ4v) is 2.14. The number of benzene rings is 2. The highest BCUT2D eigenvalue weighted by Gasteiger charge is 2.30. The molecule has 2 aromatic carbocycles. The second kappa shape index (κ2) is 5.58. The molecule has 0 aliphatic carbocycles. The number of alkyl halides is 3. The van der Waals surface area contributed by atoms with Crippen LogP contribution in [-0.4, -0.2) is 5.78 Å². The van der Waals surface area contributed by atoms with Gasteiger partial charge in [0.05, 0.1) is 10.6 Å². The SMILES string of the molecule is O=C(c1cccc(C(F)(F)F)c1)c1ccc(Cl)c(Br)c1. The summed E-state index contributed by atoms with van der Waals surface area (Å²) in [6.07, 6.45) is -4.48. The Balaban J connectivity index is 2.41. The van der Waals surface area contributed by atoms with Crippen LogP contribution >= 0.6 is 27.5 Å². The third-order valence-corrected chi connectivity index (χ3v) is 3.85. The Morgan fingerprint density at radius 1 is 1.05 bits per heavy atom. The van der Waals surface area contributed by atoms with Crippen molar-refractivity contribution >= 4 is 33.3 Å². The van der Waals surface area contributed by atoms with Crippen molar-refractivity contribution in [3.05, 3.63) is 68.7 Å². The molecule has 0 aliphatic rings. The Labute approximate surface area is 126 Å².